The van der Waals surface area contributed by atoms with E-state index in [0.29, 0.717) is 6.61 Å². The van der Waals surface area contributed by atoms with Crippen LogP contribution in [0, 0.1) is 0 Å². The summed E-state index contributed by atoms with van der Waals surface area (Å²) in [6.07, 6.45) is 21.5. The van der Waals surface area contributed by atoms with E-state index in [1.54, 1.807) is 0 Å². The number of nitrogens with two attached hydrogens (primary N) is 1. The predicted octanol–water partition coefficient (Wildman–Crippen LogP) is 5.49. The molecule has 0 rings (SSSR count). The molecule has 0 radical (unpaired) electrons. The highest BCUT2D eigenvalue weighted by Gasteiger charge is 2.23. The summed E-state index contributed by atoms with van der Waals surface area (Å²) in [5, 5.41) is 9.29. The van der Waals surface area contributed by atoms with Gasteiger partial charge in [-0.05, 0) is 32.1 Å². The van der Waals surface area contributed by atoms with Gasteiger partial charge in [0, 0.05) is 13.2 Å². The van der Waals surface area contributed by atoms with E-state index in [1.165, 1.54) is 77.0 Å². The molecule has 0 aliphatic heterocycles. The minimum Gasteiger partial charge on any atom is -0.394 e. The second-order valence-electron chi connectivity index (χ2n) is 8.00. The Morgan fingerprint density at radius 3 is 1.94 bits per heavy atom. The van der Waals surface area contributed by atoms with Crippen molar-refractivity contribution in [2.45, 2.75) is 103 Å². The Morgan fingerprint density at radius 2 is 1.39 bits per heavy atom. The minimum atomic E-state index is -4.13. The van der Waals surface area contributed by atoms with Crippen LogP contribution in [0.3, 0.4) is 0 Å². The molecule has 0 amide bonds. The molecule has 0 fully saturated rings. The largest absolute Gasteiger partial charge is 0.472 e. The number of aliphatic hydroxyl groups excluding tert-OH is 1. The Kier molecular flexibility index (Phi) is 22.7. The molecule has 186 valence electrons. The monoisotopic (exact) mass is 465 g/mol. The van der Waals surface area contributed by atoms with Crippen molar-refractivity contribution in [1.82, 2.24) is 0 Å². The van der Waals surface area contributed by atoms with Gasteiger partial charge in [0.25, 0.3) is 0 Å². The van der Waals surface area contributed by atoms with Gasteiger partial charge in [0.05, 0.1) is 19.8 Å². The fourth-order valence-electron chi connectivity index (χ4n) is 3.14. The van der Waals surface area contributed by atoms with Crippen molar-refractivity contribution < 1.29 is 28.3 Å². The van der Waals surface area contributed by atoms with Gasteiger partial charge >= 0.3 is 7.82 Å². The van der Waals surface area contributed by atoms with Crippen LogP contribution in [0.4, 0.5) is 0 Å². The van der Waals surface area contributed by atoms with E-state index in [4.69, 9.17) is 15.0 Å². The molecule has 0 aliphatic carbocycles. The number of hydrogen-bond acceptors (Lipinski definition) is 6. The first-order valence-corrected chi connectivity index (χ1v) is 13.7. The second-order valence-corrected chi connectivity index (χ2v) is 9.45. The maximum atomic E-state index is 11.5. The van der Waals surface area contributed by atoms with Crippen LogP contribution in [0.15, 0.2) is 12.2 Å². The van der Waals surface area contributed by atoms with Gasteiger partial charge in [-0.25, -0.2) is 4.57 Å². The lowest BCUT2D eigenvalue weighted by Gasteiger charge is -2.17. The van der Waals surface area contributed by atoms with E-state index in [2.05, 4.69) is 23.6 Å². The summed E-state index contributed by atoms with van der Waals surface area (Å²) in [6, 6.07) is 0. The fraction of sp³-hybridized carbons (Fsp3) is 0.913. The first-order valence-electron chi connectivity index (χ1n) is 12.2. The topological polar surface area (TPSA) is 111 Å². The molecule has 0 aromatic rings. The maximum absolute atomic E-state index is 11.5. The van der Waals surface area contributed by atoms with Crippen molar-refractivity contribution in [2.75, 3.05) is 33.0 Å². The Bertz CT molecular complexity index is 450. The molecule has 0 aromatic carbocycles. The van der Waals surface area contributed by atoms with Crippen LogP contribution in [-0.4, -0.2) is 49.1 Å². The van der Waals surface area contributed by atoms with E-state index in [-0.39, 0.29) is 26.4 Å². The molecule has 31 heavy (non-hydrogen) atoms. The van der Waals surface area contributed by atoms with E-state index in [0.717, 1.165) is 12.8 Å². The van der Waals surface area contributed by atoms with Crippen molar-refractivity contribution in [2.24, 2.45) is 5.73 Å². The van der Waals surface area contributed by atoms with E-state index in [1.807, 2.05) is 0 Å². The highest BCUT2D eigenvalue weighted by Crippen LogP contribution is 2.42. The first kappa shape index (κ1) is 30.7. The molecule has 0 saturated carbocycles. The lowest BCUT2D eigenvalue weighted by molar-refractivity contribution is -0.0224. The summed E-state index contributed by atoms with van der Waals surface area (Å²) in [7, 11) is -4.13. The lowest BCUT2D eigenvalue weighted by atomic mass is 10.1. The molecule has 0 heterocycles. The molecule has 0 aromatic heterocycles. The van der Waals surface area contributed by atoms with Crippen LogP contribution in [-0.2, 0) is 18.3 Å². The summed E-state index contributed by atoms with van der Waals surface area (Å²) >= 11 is 0. The van der Waals surface area contributed by atoms with Crippen LogP contribution < -0.4 is 5.73 Å². The minimum absolute atomic E-state index is 0.0616. The van der Waals surface area contributed by atoms with Gasteiger partial charge in [-0.15, -0.1) is 0 Å². The van der Waals surface area contributed by atoms with Gasteiger partial charge in [0.15, 0.2) is 0 Å². The molecule has 0 spiro atoms. The zero-order chi connectivity index (χ0) is 23.0. The summed E-state index contributed by atoms with van der Waals surface area (Å²) in [5.41, 5.74) is 5.21. The fourth-order valence-corrected chi connectivity index (χ4v) is 3.90. The normalized spacial score (nSPS) is 14.8. The van der Waals surface area contributed by atoms with Crippen molar-refractivity contribution >= 4 is 7.82 Å². The smallest absolute Gasteiger partial charge is 0.394 e. The molecular weight excluding hydrogens is 417 g/mol. The number of aliphatic hydroxyl groups is 1. The van der Waals surface area contributed by atoms with Crippen molar-refractivity contribution in [3.63, 3.8) is 0 Å². The average Bonchev–Trinajstić information content (AvgIpc) is 2.76. The van der Waals surface area contributed by atoms with Gasteiger partial charge in [0.1, 0.15) is 6.10 Å². The third kappa shape index (κ3) is 22.7. The van der Waals surface area contributed by atoms with Crippen LogP contribution >= 0.6 is 7.82 Å². The summed E-state index contributed by atoms with van der Waals surface area (Å²) in [6.45, 7) is 2.35. The molecule has 7 nitrogen and oxygen atoms in total. The summed E-state index contributed by atoms with van der Waals surface area (Å²) in [5.74, 6) is 0. The SMILES string of the molecule is CCCCCCCC/C=C\CCCCCCCCO[C@@H](CO)COP(=O)(O)OCCN. The number of rotatable bonds is 24. The quantitative estimate of drug-likeness (QED) is 0.0981. The first-order chi connectivity index (χ1) is 15.1. The molecule has 0 saturated heterocycles. The van der Waals surface area contributed by atoms with Gasteiger partial charge in [0.2, 0.25) is 0 Å². The Morgan fingerprint density at radius 1 is 0.839 bits per heavy atom. The molecule has 2 atom stereocenters. The van der Waals surface area contributed by atoms with Crippen LogP contribution in [0.2, 0.25) is 0 Å². The zero-order valence-electron chi connectivity index (χ0n) is 19.7. The third-order valence-electron chi connectivity index (χ3n) is 5.01. The van der Waals surface area contributed by atoms with Gasteiger partial charge in [-0.2, -0.15) is 0 Å². The molecule has 0 bridgehead atoms. The van der Waals surface area contributed by atoms with Crippen LogP contribution in [0.1, 0.15) is 96.8 Å². The number of ether oxygens (including phenoxy) is 1. The van der Waals surface area contributed by atoms with Crippen LogP contribution in [0.25, 0.3) is 0 Å². The molecule has 0 aliphatic rings. The predicted molar refractivity (Wildman–Crippen MR) is 127 cm³/mol. The van der Waals surface area contributed by atoms with Crippen molar-refractivity contribution in [3.8, 4) is 0 Å². The van der Waals surface area contributed by atoms with E-state index < -0.39 is 13.9 Å². The van der Waals surface area contributed by atoms with Gasteiger partial charge < -0.3 is 20.5 Å². The standard InChI is InChI=1S/C23H48NO6P/c1-2-3-4-5-6-7-8-9-10-11-12-13-14-15-16-17-19-28-23(21-25)22-30-31(26,27)29-20-18-24/h9-10,23,25H,2-8,11-22,24H2,1H3,(H,26,27)/b10-9-/t23-/m0/s1. The number of unbranched alkanes of at least 4 members (excludes halogenated alkanes) is 12. The Hall–Kier alpha value is -0.270. The zero-order valence-corrected chi connectivity index (χ0v) is 20.6. The second kappa shape index (κ2) is 22.9. The van der Waals surface area contributed by atoms with Crippen molar-refractivity contribution in [3.05, 3.63) is 12.2 Å². The number of phosphoric acid groups is 1. The molecule has 4 N–H and O–H groups in total. The van der Waals surface area contributed by atoms with Crippen molar-refractivity contribution in [1.29, 1.82) is 0 Å². The lowest BCUT2D eigenvalue weighted by Crippen LogP contribution is -2.24. The maximum Gasteiger partial charge on any atom is 0.472 e. The number of phosphoric ester groups is 1. The number of hydrogen-bond donors (Lipinski definition) is 3. The molecule has 8 heteroatoms. The van der Waals surface area contributed by atoms with Crippen LogP contribution in [0.5, 0.6) is 0 Å². The highest BCUT2D eigenvalue weighted by atomic mass is 31.2. The molecule has 1 unspecified atom stereocenters. The van der Waals surface area contributed by atoms with Gasteiger partial charge in [-0.3, -0.25) is 9.05 Å². The highest BCUT2D eigenvalue weighted by molar-refractivity contribution is 7.47. The Labute approximate surface area is 190 Å². The third-order valence-corrected chi connectivity index (χ3v) is 5.99. The van der Waals surface area contributed by atoms with E-state index in [9.17, 15) is 14.6 Å². The van der Waals surface area contributed by atoms with E-state index >= 15 is 0 Å². The summed E-state index contributed by atoms with van der Waals surface area (Å²) in [4.78, 5) is 9.42. The van der Waals surface area contributed by atoms with Gasteiger partial charge in [-0.1, -0.05) is 76.9 Å². The molecular formula is C23H48NO6P. The Balaban J connectivity index is 3.46. The average molecular weight is 466 g/mol. The summed E-state index contributed by atoms with van der Waals surface area (Å²) < 4.78 is 26.5. The number of allylic oxidation sites excluding steroid dienone is 2.